The number of carbonyl (C=O) groups excluding carboxylic acids is 2. The Kier molecular flexibility index (Phi) is 5.93. The lowest BCUT2D eigenvalue weighted by Gasteiger charge is -2.20. The molecule has 5 nitrogen and oxygen atoms in total. The van der Waals surface area contributed by atoms with E-state index in [0.29, 0.717) is 6.54 Å². The first-order valence-corrected chi connectivity index (χ1v) is 5.13. The molecule has 0 aromatic rings. The van der Waals surface area contributed by atoms with E-state index < -0.39 is 0 Å². The van der Waals surface area contributed by atoms with Crippen molar-refractivity contribution in [2.24, 2.45) is 0 Å². The van der Waals surface area contributed by atoms with Crippen LogP contribution in [0, 0.1) is 0 Å². The van der Waals surface area contributed by atoms with Gasteiger partial charge in [0, 0.05) is 12.1 Å². The van der Waals surface area contributed by atoms with Crippen LogP contribution >= 0.6 is 0 Å². The third-order valence-corrected chi connectivity index (χ3v) is 1.46. The summed E-state index contributed by atoms with van der Waals surface area (Å²) in [6, 6.07) is 0. The Labute approximate surface area is 91.0 Å². The Hall–Kier alpha value is -1.10. The topological polar surface area (TPSA) is 70.2 Å². The van der Waals surface area contributed by atoms with Gasteiger partial charge in [-0.25, -0.2) is 0 Å². The Morgan fingerprint density at radius 2 is 1.60 bits per heavy atom. The molecule has 0 atom stereocenters. The second-order valence-electron chi connectivity index (χ2n) is 4.36. The van der Waals surface area contributed by atoms with Gasteiger partial charge >= 0.3 is 0 Å². The van der Waals surface area contributed by atoms with Gasteiger partial charge in [0.1, 0.15) is 0 Å². The summed E-state index contributed by atoms with van der Waals surface area (Å²) in [6.45, 7) is 8.52. The molecule has 2 amide bonds. The van der Waals surface area contributed by atoms with Crippen molar-refractivity contribution >= 4 is 11.8 Å². The largest absolute Gasteiger partial charge is 0.355 e. The molecule has 0 saturated carbocycles. The molecule has 0 aromatic carbocycles. The molecule has 0 saturated heterocycles. The Morgan fingerprint density at radius 3 is 2.07 bits per heavy atom. The van der Waals surface area contributed by atoms with Crippen LogP contribution in [0.1, 0.15) is 27.7 Å². The fourth-order valence-corrected chi connectivity index (χ4v) is 1.01. The molecule has 0 rings (SSSR count). The van der Waals surface area contributed by atoms with Gasteiger partial charge in [0.2, 0.25) is 11.8 Å². The minimum atomic E-state index is -0.232. The molecule has 3 N–H and O–H groups in total. The predicted molar refractivity (Wildman–Crippen MR) is 59.4 cm³/mol. The normalized spacial score (nSPS) is 10.9. The fourth-order valence-electron chi connectivity index (χ4n) is 1.01. The maximum atomic E-state index is 11.3. The first kappa shape index (κ1) is 13.9. The zero-order valence-electron chi connectivity index (χ0n) is 9.94. The molecule has 15 heavy (non-hydrogen) atoms. The quantitative estimate of drug-likeness (QED) is 0.586. The van der Waals surface area contributed by atoms with Crippen molar-refractivity contribution < 1.29 is 9.59 Å². The molecule has 88 valence electrons. The Bertz CT molecular complexity index is 221. The van der Waals surface area contributed by atoms with Gasteiger partial charge in [-0.3, -0.25) is 14.9 Å². The Balaban J connectivity index is 3.60. The molecule has 0 aromatic heterocycles. The van der Waals surface area contributed by atoms with E-state index in [1.807, 2.05) is 27.7 Å². The zero-order valence-corrected chi connectivity index (χ0v) is 9.94. The summed E-state index contributed by atoms with van der Waals surface area (Å²) >= 11 is 0. The standard InChI is InChI=1S/C10H21N3O2/c1-5-12-8(14)6-11-7-9(15)13-10(2,3)4/h11H,5-7H2,1-4H3,(H,12,14)(H,13,15). The molecule has 0 aliphatic rings. The van der Waals surface area contributed by atoms with E-state index in [2.05, 4.69) is 16.0 Å². The van der Waals surface area contributed by atoms with Gasteiger partial charge in [0.15, 0.2) is 0 Å². The average molecular weight is 215 g/mol. The molecule has 5 heteroatoms. The molecule has 0 unspecified atom stereocenters. The van der Waals surface area contributed by atoms with Crippen molar-refractivity contribution in [1.82, 2.24) is 16.0 Å². The fraction of sp³-hybridized carbons (Fsp3) is 0.800. The highest BCUT2D eigenvalue weighted by atomic mass is 16.2. The van der Waals surface area contributed by atoms with Gasteiger partial charge in [-0.2, -0.15) is 0 Å². The molecule has 0 fully saturated rings. The van der Waals surface area contributed by atoms with Crippen molar-refractivity contribution in [2.75, 3.05) is 19.6 Å². The summed E-state index contributed by atoms with van der Waals surface area (Å²) in [7, 11) is 0. The highest BCUT2D eigenvalue weighted by Gasteiger charge is 2.13. The highest BCUT2D eigenvalue weighted by molar-refractivity contribution is 5.81. The van der Waals surface area contributed by atoms with Crippen molar-refractivity contribution in [3.05, 3.63) is 0 Å². The summed E-state index contributed by atoms with van der Waals surface area (Å²) in [5.41, 5.74) is -0.232. The third kappa shape index (κ3) is 9.21. The lowest BCUT2D eigenvalue weighted by Crippen LogP contribution is -2.46. The lowest BCUT2D eigenvalue weighted by molar-refractivity contribution is -0.122. The second-order valence-corrected chi connectivity index (χ2v) is 4.36. The van der Waals surface area contributed by atoms with E-state index in [0.717, 1.165) is 0 Å². The van der Waals surface area contributed by atoms with Crippen molar-refractivity contribution in [3.63, 3.8) is 0 Å². The SMILES string of the molecule is CCNC(=O)CNCC(=O)NC(C)(C)C. The number of amides is 2. The monoisotopic (exact) mass is 215 g/mol. The summed E-state index contributed by atoms with van der Waals surface area (Å²) in [6.07, 6.45) is 0. The van der Waals surface area contributed by atoms with Crippen molar-refractivity contribution in [3.8, 4) is 0 Å². The smallest absolute Gasteiger partial charge is 0.234 e. The predicted octanol–water partition coefficient (Wildman–Crippen LogP) is -0.373. The number of hydrogen-bond acceptors (Lipinski definition) is 3. The molecule has 0 bridgehead atoms. The second kappa shape index (κ2) is 6.40. The molecule has 0 spiro atoms. The summed E-state index contributed by atoms with van der Waals surface area (Å²) in [5, 5.41) is 8.19. The molecule has 0 aliphatic heterocycles. The van der Waals surface area contributed by atoms with Crippen LogP contribution in [-0.4, -0.2) is 37.0 Å². The van der Waals surface area contributed by atoms with Gasteiger partial charge in [-0.05, 0) is 27.7 Å². The number of carbonyl (C=O) groups is 2. The van der Waals surface area contributed by atoms with E-state index in [1.54, 1.807) is 0 Å². The van der Waals surface area contributed by atoms with Crippen LogP contribution in [0.5, 0.6) is 0 Å². The first-order chi connectivity index (χ1) is 6.85. The van der Waals surface area contributed by atoms with Crippen molar-refractivity contribution in [2.45, 2.75) is 33.2 Å². The van der Waals surface area contributed by atoms with Crippen LogP contribution in [-0.2, 0) is 9.59 Å². The van der Waals surface area contributed by atoms with E-state index in [-0.39, 0.29) is 30.4 Å². The van der Waals surface area contributed by atoms with Crippen LogP contribution < -0.4 is 16.0 Å². The van der Waals surface area contributed by atoms with Crippen molar-refractivity contribution in [1.29, 1.82) is 0 Å². The van der Waals surface area contributed by atoms with Gasteiger partial charge in [-0.1, -0.05) is 0 Å². The van der Waals surface area contributed by atoms with Crippen LogP contribution in [0.25, 0.3) is 0 Å². The van der Waals surface area contributed by atoms with Gasteiger partial charge in [0.25, 0.3) is 0 Å². The first-order valence-electron chi connectivity index (χ1n) is 5.13. The van der Waals surface area contributed by atoms with Crippen LogP contribution in [0.4, 0.5) is 0 Å². The lowest BCUT2D eigenvalue weighted by atomic mass is 10.1. The van der Waals surface area contributed by atoms with E-state index in [1.165, 1.54) is 0 Å². The van der Waals surface area contributed by atoms with E-state index in [4.69, 9.17) is 0 Å². The molecule has 0 heterocycles. The average Bonchev–Trinajstić information content (AvgIpc) is 2.00. The number of hydrogen-bond donors (Lipinski definition) is 3. The Morgan fingerprint density at radius 1 is 1.07 bits per heavy atom. The summed E-state index contributed by atoms with van der Waals surface area (Å²) < 4.78 is 0. The van der Waals surface area contributed by atoms with Gasteiger partial charge < -0.3 is 10.6 Å². The number of rotatable bonds is 5. The molecular weight excluding hydrogens is 194 g/mol. The zero-order chi connectivity index (χ0) is 11.9. The number of nitrogens with one attached hydrogen (secondary N) is 3. The maximum Gasteiger partial charge on any atom is 0.234 e. The highest BCUT2D eigenvalue weighted by Crippen LogP contribution is 1.96. The minimum Gasteiger partial charge on any atom is -0.355 e. The van der Waals surface area contributed by atoms with E-state index in [9.17, 15) is 9.59 Å². The summed E-state index contributed by atoms with van der Waals surface area (Å²) in [4.78, 5) is 22.3. The minimum absolute atomic E-state index is 0.0962. The molecule has 0 aliphatic carbocycles. The van der Waals surface area contributed by atoms with Crippen LogP contribution in [0.2, 0.25) is 0 Å². The number of likely N-dealkylation sites (N-methyl/N-ethyl adjacent to an activating group) is 1. The van der Waals surface area contributed by atoms with Gasteiger partial charge in [0.05, 0.1) is 13.1 Å². The third-order valence-electron chi connectivity index (χ3n) is 1.46. The molecular formula is C10H21N3O2. The van der Waals surface area contributed by atoms with Gasteiger partial charge in [-0.15, -0.1) is 0 Å². The molecule has 0 radical (unpaired) electrons. The maximum absolute atomic E-state index is 11.3. The summed E-state index contributed by atoms with van der Waals surface area (Å²) in [5.74, 6) is -0.201. The van der Waals surface area contributed by atoms with Crippen LogP contribution in [0.15, 0.2) is 0 Å². The van der Waals surface area contributed by atoms with Crippen LogP contribution in [0.3, 0.4) is 0 Å². The van der Waals surface area contributed by atoms with E-state index >= 15 is 0 Å².